The molecule has 4 heteroatoms. The van der Waals surface area contributed by atoms with Crippen molar-refractivity contribution in [2.75, 3.05) is 19.0 Å². The van der Waals surface area contributed by atoms with Gasteiger partial charge in [-0.25, -0.2) is 4.98 Å². The lowest BCUT2D eigenvalue weighted by molar-refractivity contribution is 0.101. The summed E-state index contributed by atoms with van der Waals surface area (Å²) in [6.07, 6.45) is 1.52. The molecule has 1 heterocycles. The van der Waals surface area contributed by atoms with E-state index in [1.54, 1.807) is 12.1 Å². The lowest BCUT2D eigenvalue weighted by atomic mass is 10.2. The van der Waals surface area contributed by atoms with Crippen molar-refractivity contribution < 1.29 is 9.53 Å². The number of carbonyl (C=O) groups excluding carboxylic acids is 1. The van der Waals surface area contributed by atoms with Crippen molar-refractivity contribution >= 4 is 11.5 Å². The molecule has 0 saturated heterocycles. The molecule has 0 aliphatic rings. The van der Waals surface area contributed by atoms with Crippen molar-refractivity contribution in [3.8, 4) is 11.6 Å². The predicted molar refractivity (Wildman–Crippen MR) is 75.1 cm³/mol. The van der Waals surface area contributed by atoms with Gasteiger partial charge in [-0.05, 0) is 25.1 Å². The zero-order valence-electron chi connectivity index (χ0n) is 11.3. The Morgan fingerprint density at radius 2 is 2.00 bits per heavy atom. The van der Waals surface area contributed by atoms with Gasteiger partial charge in [-0.2, -0.15) is 0 Å². The van der Waals surface area contributed by atoms with Crippen molar-refractivity contribution in [3.63, 3.8) is 0 Å². The molecule has 1 aromatic heterocycles. The normalized spacial score (nSPS) is 10.1. The van der Waals surface area contributed by atoms with Crippen molar-refractivity contribution in [2.24, 2.45) is 0 Å². The first-order valence-electron chi connectivity index (χ1n) is 5.98. The van der Waals surface area contributed by atoms with Crippen LogP contribution in [0.1, 0.15) is 17.3 Å². The Bertz CT molecular complexity index is 577. The molecule has 1 aromatic carbocycles. The van der Waals surface area contributed by atoms with E-state index in [0.717, 1.165) is 5.69 Å². The molecule has 0 unspecified atom stereocenters. The van der Waals surface area contributed by atoms with Crippen LogP contribution in [-0.2, 0) is 0 Å². The van der Waals surface area contributed by atoms with E-state index in [0.29, 0.717) is 17.2 Å². The second kappa shape index (κ2) is 5.52. The Balaban J connectivity index is 2.16. The van der Waals surface area contributed by atoms with Gasteiger partial charge in [0.25, 0.3) is 0 Å². The average Bonchev–Trinajstić information content (AvgIpc) is 2.39. The monoisotopic (exact) mass is 256 g/mol. The van der Waals surface area contributed by atoms with Gasteiger partial charge in [-0.1, -0.05) is 6.07 Å². The number of aromatic nitrogens is 1. The lowest BCUT2D eigenvalue weighted by Gasteiger charge is -2.13. The Morgan fingerprint density at radius 1 is 1.21 bits per heavy atom. The third-order valence-electron chi connectivity index (χ3n) is 2.70. The van der Waals surface area contributed by atoms with Gasteiger partial charge in [0, 0.05) is 43.7 Å². The summed E-state index contributed by atoms with van der Waals surface area (Å²) >= 11 is 0. The van der Waals surface area contributed by atoms with E-state index < -0.39 is 0 Å². The largest absolute Gasteiger partial charge is 0.439 e. The molecule has 4 nitrogen and oxygen atoms in total. The highest BCUT2D eigenvalue weighted by Crippen LogP contribution is 2.23. The number of benzene rings is 1. The van der Waals surface area contributed by atoms with E-state index in [2.05, 4.69) is 4.98 Å². The number of ketones is 1. The summed E-state index contributed by atoms with van der Waals surface area (Å²) < 4.78 is 5.65. The molecule has 0 bridgehead atoms. The van der Waals surface area contributed by atoms with Crippen LogP contribution in [0.5, 0.6) is 11.6 Å². The molecule has 2 aromatic rings. The van der Waals surface area contributed by atoms with Crippen molar-refractivity contribution in [1.29, 1.82) is 0 Å². The number of hydrogen-bond donors (Lipinski definition) is 0. The van der Waals surface area contributed by atoms with Crippen LogP contribution < -0.4 is 9.64 Å². The zero-order chi connectivity index (χ0) is 13.8. The standard InChI is InChI=1S/C15H16N2O2/c1-11(18)12-7-8-15(16-10-12)19-14-6-4-5-13(9-14)17(2)3/h4-10H,1-3H3. The fourth-order valence-electron chi connectivity index (χ4n) is 1.59. The van der Waals surface area contributed by atoms with Crippen LogP contribution in [-0.4, -0.2) is 24.9 Å². The number of rotatable bonds is 4. The van der Waals surface area contributed by atoms with Gasteiger partial charge < -0.3 is 9.64 Å². The number of carbonyl (C=O) groups is 1. The van der Waals surface area contributed by atoms with Gasteiger partial charge in [0.15, 0.2) is 5.78 Å². The predicted octanol–water partition coefficient (Wildman–Crippen LogP) is 3.14. The van der Waals surface area contributed by atoms with Crippen LogP contribution in [0.25, 0.3) is 0 Å². The van der Waals surface area contributed by atoms with Crippen LogP contribution in [0, 0.1) is 0 Å². The van der Waals surface area contributed by atoms with E-state index in [1.165, 1.54) is 13.1 Å². The maximum atomic E-state index is 11.1. The SMILES string of the molecule is CC(=O)c1ccc(Oc2cccc(N(C)C)c2)nc1. The highest BCUT2D eigenvalue weighted by Gasteiger charge is 2.03. The van der Waals surface area contributed by atoms with Crippen molar-refractivity contribution in [3.05, 3.63) is 48.2 Å². The van der Waals surface area contributed by atoms with Crippen molar-refractivity contribution in [1.82, 2.24) is 4.98 Å². The minimum absolute atomic E-state index is 0.00587. The van der Waals surface area contributed by atoms with Gasteiger partial charge in [-0.15, -0.1) is 0 Å². The Hall–Kier alpha value is -2.36. The van der Waals surface area contributed by atoms with E-state index in [4.69, 9.17) is 4.74 Å². The molecule has 0 amide bonds. The van der Waals surface area contributed by atoms with E-state index in [9.17, 15) is 4.79 Å². The Morgan fingerprint density at radius 3 is 2.58 bits per heavy atom. The third-order valence-corrected chi connectivity index (χ3v) is 2.70. The summed E-state index contributed by atoms with van der Waals surface area (Å²) in [6, 6.07) is 11.1. The molecular weight excluding hydrogens is 240 g/mol. The van der Waals surface area contributed by atoms with E-state index in [-0.39, 0.29) is 5.78 Å². The first kappa shape index (κ1) is 13.1. The van der Waals surface area contributed by atoms with E-state index in [1.807, 2.05) is 43.3 Å². The molecule has 19 heavy (non-hydrogen) atoms. The molecule has 0 radical (unpaired) electrons. The van der Waals surface area contributed by atoms with Crippen LogP contribution in [0.4, 0.5) is 5.69 Å². The second-order valence-electron chi connectivity index (χ2n) is 4.44. The fraction of sp³-hybridized carbons (Fsp3) is 0.200. The van der Waals surface area contributed by atoms with Crippen LogP contribution >= 0.6 is 0 Å². The fourth-order valence-corrected chi connectivity index (χ4v) is 1.59. The lowest BCUT2D eigenvalue weighted by Crippen LogP contribution is -2.08. The first-order valence-corrected chi connectivity index (χ1v) is 5.98. The van der Waals surface area contributed by atoms with Gasteiger partial charge >= 0.3 is 0 Å². The molecular formula is C15H16N2O2. The maximum Gasteiger partial charge on any atom is 0.219 e. The summed E-state index contributed by atoms with van der Waals surface area (Å²) in [6.45, 7) is 1.51. The number of anilines is 1. The average molecular weight is 256 g/mol. The van der Waals surface area contributed by atoms with Gasteiger partial charge in [-0.3, -0.25) is 4.79 Å². The molecule has 0 aliphatic carbocycles. The summed E-state index contributed by atoms with van der Waals surface area (Å²) in [4.78, 5) is 17.3. The topological polar surface area (TPSA) is 42.4 Å². The number of pyridine rings is 1. The van der Waals surface area contributed by atoms with E-state index >= 15 is 0 Å². The highest BCUT2D eigenvalue weighted by molar-refractivity contribution is 5.93. The van der Waals surface area contributed by atoms with Gasteiger partial charge in [0.05, 0.1) is 0 Å². The molecule has 0 saturated carbocycles. The minimum atomic E-state index is -0.00587. The van der Waals surface area contributed by atoms with Crippen molar-refractivity contribution in [2.45, 2.75) is 6.92 Å². The molecule has 2 rings (SSSR count). The Kier molecular flexibility index (Phi) is 3.80. The van der Waals surface area contributed by atoms with Crippen LogP contribution in [0.2, 0.25) is 0 Å². The number of Topliss-reactive ketones (excluding diaryl/α,β-unsaturated/α-hetero) is 1. The highest BCUT2D eigenvalue weighted by atomic mass is 16.5. The molecule has 98 valence electrons. The quantitative estimate of drug-likeness (QED) is 0.788. The Labute approximate surface area is 112 Å². The molecule has 0 spiro atoms. The number of nitrogens with zero attached hydrogens (tertiary/aromatic N) is 2. The number of ether oxygens (including phenoxy) is 1. The molecule has 0 aliphatic heterocycles. The van der Waals surface area contributed by atoms with Crippen LogP contribution in [0.15, 0.2) is 42.6 Å². The smallest absolute Gasteiger partial charge is 0.219 e. The molecule has 0 fully saturated rings. The summed E-state index contributed by atoms with van der Waals surface area (Å²) in [5, 5.41) is 0. The molecule has 0 N–H and O–H groups in total. The van der Waals surface area contributed by atoms with Gasteiger partial charge in [0.1, 0.15) is 5.75 Å². The first-order chi connectivity index (χ1) is 9.06. The maximum absolute atomic E-state index is 11.1. The van der Waals surface area contributed by atoms with Gasteiger partial charge in [0.2, 0.25) is 5.88 Å². The second-order valence-corrected chi connectivity index (χ2v) is 4.44. The van der Waals surface area contributed by atoms with Crippen LogP contribution in [0.3, 0.4) is 0 Å². The minimum Gasteiger partial charge on any atom is -0.439 e. The third kappa shape index (κ3) is 3.31. The molecule has 0 atom stereocenters. The zero-order valence-corrected chi connectivity index (χ0v) is 11.3. The summed E-state index contributed by atoms with van der Waals surface area (Å²) in [5.41, 5.74) is 1.63. The summed E-state index contributed by atoms with van der Waals surface area (Å²) in [7, 11) is 3.94. The summed E-state index contributed by atoms with van der Waals surface area (Å²) in [5.74, 6) is 1.18. The number of hydrogen-bond acceptors (Lipinski definition) is 4.